The van der Waals surface area contributed by atoms with Crippen molar-refractivity contribution in [2.45, 2.75) is 12.7 Å². The second-order valence-corrected chi connectivity index (χ2v) is 7.39. The number of benzene rings is 2. The third-order valence-corrected chi connectivity index (χ3v) is 5.19. The highest BCUT2D eigenvalue weighted by Gasteiger charge is 2.34. The van der Waals surface area contributed by atoms with Crippen molar-refractivity contribution < 1.29 is 27.4 Å². The molecule has 172 valence electrons. The molecule has 1 N–H and O–H groups in total. The predicted molar refractivity (Wildman–Crippen MR) is 116 cm³/mol. The predicted octanol–water partition coefficient (Wildman–Crippen LogP) is 4.66. The fourth-order valence-corrected chi connectivity index (χ4v) is 3.52. The molecular formula is C24H22F3N3O3. The Morgan fingerprint density at radius 2 is 1.82 bits per heavy atom. The zero-order valence-electron chi connectivity index (χ0n) is 17.6. The molecule has 0 bridgehead atoms. The minimum absolute atomic E-state index is 0.0257. The molecule has 1 fully saturated rings. The van der Waals surface area contributed by atoms with Gasteiger partial charge in [0.15, 0.2) is 0 Å². The van der Waals surface area contributed by atoms with Gasteiger partial charge in [-0.15, -0.1) is 0 Å². The number of pyridine rings is 1. The second kappa shape index (κ2) is 9.91. The van der Waals surface area contributed by atoms with Crippen molar-refractivity contribution in [2.24, 2.45) is 0 Å². The second-order valence-electron chi connectivity index (χ2n) is 7.39. The molecule has 0 atom stereocenters. The molecule has 4 rings (SSSR count). The fourth-order valence-electron chi connectivity index (χ4n) is 3.52. The number of hydrogen-bond acceptors (Lipinski definition) is 5. The molecule has 1 amide bonds. The van der Waals surface area contributed by atoms with Crippen LogP contribution in [0.4, 0.5) is 18.9 Å². The van der Waals surface area contributed by atoms with Crippen LogP contribution in [-0.2, 0) is 17.5 Å². The van der Waals surface area contributed by atoms with E-state index in [-0.39, 0.29) is 23.6 Å². The van der Waals surface area contributed by atoms with E-state index in [1.807, 2.05) is 11.0 Å². The molecule has 0 spiro atoms. The first-order valence-corrected chi connectivity index (χ1v) is 10.4. The number of halogens is 3. The van der Waals surface area contributed by atoms with Crippen LogP contribution in [0.25, 0.3) is 0 Å². The van der Waals surface area contributed by atoms with E-state index < -0.39 is 17.6 Å². The van der Waals surface area contributed by atoms with E-state index in [4.69, 9.17) is 9.47 Å². The molecule has 33 heavy (non-hydrogen) atoms. The highest BCUT2D eigenvalue weighted by molar-refractivity contribution is 5.96. The molecule has 6 nitrogen and oxygen atoms in total. The van der Waals surface area contributed by atoms with Crippen LogP contribution < -0.4 is 15.0 Å². The van der Waals surface area contributed by atoms with E-state index in [0.717, 1.165) is 6.07 Å². The molecule has 3 aromatic rings. The lowest BCUT2D eigenvalue weighted by Crippen LogP contribution is -2.36. The highest BCUT2D eigenvalue weighted by Crippen LogP contribution is 2.35. The molecule has 2 heterocycles. The third-order valence-electron chi connectivity index (χ3n) is 5.19. The first-order chi connectivity index (χ1) is 15.9. The molecule has 0 saturated carbocycles. The van der Waals surface area contributed by atoms with E-state index in [0.29, 0.717) is 37.7 Å². The van der Waals surface area contributed by atoms with E-state index in [1.54, 1.807) is 36.4 Å². The Kier molecular flexibility index (Phi) is 6.79. The van der Waals surface area contributed by atoms with Crippen LogP contribution in [0, 0.1) is 0 Å². The van der Waals surface area contributed by atoms with Crippen LogP contribution >= 0.6 is 0 Å². The van der Waals surface area contributed by atoms with E-state index >= 15 is 0 Å². The average Bonchev–Trinajstić information content (AvgIpc) is 2.83. The minimum atomic E-state index is -4.56. The van der Waals surface area contributed by atoms with Crippen molar-refractivity contribution in [3.8, 4) is 11.6 Å². The summed E-state index contributed by atoms with van der Waals surface area (Å²) >= 11 is 0. The maximum absolute atomic E-state index is 13.8. The first-order valence-electron chi connectivity index (χ1n) is 10.4. The maximum Gasteiger partial charge on any atom is 0.416 e. The zero-order valence-corrected chi connectivity index (χ0v) is 17.6. The van der Waals surface area contributed by atoms with Crippen LogP contribution in [0.1, 0.15) is 21.5 Å². The van der Waals surface area contributed by atoms with Crippen LogP contribution in [0.15, 0.2) is 66.9 Å². The molecule has 1 saturated heterocycles. The molecule has 0 aliphatic carbocycles. The summed E-state index contributed by atoms with van der Waals surface area (Å²) in [6, 6.07) is 16.0. The standard InChI is InChI=1S/C24H22F3N3O3/c25-24(26,27)21-15-18(30-11-13-32-14-12-30)9-8-17(21)16-29-22(31)20-7-4-10-28-23(20)33-19-5-2-1-3-6-19/h1-10,15H,11-14,16H2,(H,29,31). The van der Waals surface area contributed by atoms with Crippen LogP contribution in [-0.4, -0.2) is 37.2 Å². The zero-order chi connectivity index (χ0) is 23.3. The van der Waals surface area contributed by atoms with Gasteiger partial charge in [-0.25, -0.2) is 4.98 Å². The summed E-state index contributed by atoms with van der Waals surface area (Å²) in [5.41, 5.74) is -0.202. The molecule has 9 heteroatoms. The highest BCUT2D eigenvalue weighted by atomic mass is 19.4. The lowest BCUT2D eigenvalue weighted by molar-refractivity contribution is -0.138. The Morgan fingerprint density at radius 3 is 2.55 bits per heavy atom. The van der Waals surface area contributed by atoms with Crippen molar-refractivity contribution in [2.75, 3.05) is 31.2 Å². The van der Waals surface area contributed by atoms with Crippen molar-refractivity contribution in [3.05, 3.63) is 83.6 Å². The summed E-state index contributed by atoms with van der Waals surface area (Å²) in [5.74, 6) is -0.0253. The van der Waals surface area contributed by atoms with Gasteiger partial charge in [-0.2, -0.15) is 13.2 Å². The van der Waals surface area contributed by atoms with Gasteiger partial charge in [-0.3, -0.25) is 4.79 Å². The summed E-state index contributed by atoms with van der Waals surface area (Å²) in [7, 11) is 0. The Bertz CT molecular complexity index is 1100. The van der Waals surface area contributed by atoms with Gasteiger partial charge in [0, 0.05) is 31.5 Å². The maximum atomic E-state index is 13.8. The van der Waals surface area contributed by atoms with Gasteiger partial charge >= 0.3 is 6.18 Å². The summed E-state index contributed by atoms with van der Waals surface area (Å²) in [5, 5.41) is 2.56. The Morgan fingerprint density at radius 1 is 1.06 bits per heavy atom. The van der Waals surface area contributed by atoms with Gasteiger partial charge in [-0.05, 0) is 42.0 Å². The van der Waals surface area contributed by atoms with Gasteiger partial charge in [0.25, 0.3) is 5.91 Å². The summed E-state index contributed by atoms with van der Waals surface area (Å²) in [6.45, 7) is 1.70. The number of nitrogens with zero attached hydrogens (tertiary/aromatic N) is 2. The molecule has 1 aliphatic heterocycles. The number of nitrogens with one attached hydrogen (secondary N) is 1. The topological polar surface area (TPSA) is 63.7 Å². The number of rotatable bonds is 6. The summed E-state index contributed by atoms with van der Waals surface area (Å²) < 4.78 is 52.2. The smallest absolute Gasteiger partial charge is 0.416 e. The number of ether oxygens (including phenoxy) is 2. The molecule has 0 unspecified atom stereocenters. The van der Waals surface area contributed by atoms with E-state index in [1.165, 1.54) is 18.3 Å². The molecule has 1 aliphatic rings. The monoisotopic (exact) mass is 457 g/mol. The van der Waals surface area contributed by atoms with Gasteiger partial charge in [0.05, 0.1) is 18.8 Å². The van der Waals surface area contributed by atoms with E-state index in [2.05, 4.69) is 10.3 Å². The lowest BCUT2D eigenvalue weighted by atomic mass is 10.0. The average molecular weight is 457 g/mol. The summed E-state index contributed by atoms with van der Waals surface area (Å²) in [6.07, 6.45) is -3.08. The van der Waals surface area contributed by atoms with Gasteiger partial charge in [-0.1, -0.05) is 24.3 Å². The SMILES string of the molecule is O=C(NCc1ccc(N2CCOCC2)cc1C(F)(F)F)c1cccnc1Oc1ccccc1. The van der Waals surface area contributed by atoms with E-state index in [9.17, 15) is 18.0 Å². The number of amides is 1. The van der Waals surface area contributed by atoms with Crippen molar-refractivity contribution in [3.63, 3.8) is 0 Å². The number of carbonyl (C=O) groups excluding carboxylic acids is 1. The first kappa shape index (κ1) is 22.6. The molecule has 2 aromatic carbocycles. The number of hydrogen-bond donors (Lipinski definition) is 1. The normalized spacial score (nSPS) is 14.1. The van der Waals surface area contributed by atoms with Crippen LogP contribution in [0.2, 0.25) is 0 Å². The number of alkyl halides is 3. The molecule has 1 aromatic heterocycles. The molecular weight excluding hydrogens is 435 g/mol. The number of carbonyl (C=O) groups is 1. The van der Waals surface area contributed by atoms with Crippen LogP contribution in [0.5, 0.6) is 11.6 Å². The fraction of sp³-hybridized carbons (Fsp3) is 0.250. The largest absolute Gasteiger partial charge is 0.438 e. The van der Waals surface area contributed by atoms with Gasteiger partial charge in [0.2, 0.25) is 5.88 Å². The molecule has 0 radical (unpaired) electrons. The Balaban J connectivity index is 1.51. The quantitative estimate of drug-likeness (QED) is 0.584. The van der Waals surface area contributed by atoms with Gasteiger partial charge in [0.1, 0.15) is 11.3 Å². The van der Waals surface area contributed by atoms with Crippen molar-refractivity contribution in [1.82, 2.24) is 10.3 Å². The number of morpholine rings is 1. The minimum Gasteiger partial charge on any atom is -0.438 e. The summed E-state index contributed by atoms with van der Waals surface area (Å²) in [4.78, 5) is 18.7. The number of aromatic nitrogens is 1. The van der Waals surface area contributed by atoms with Crippen molar-refractivity contribution >= 4 is 11.6 Å². The number of para-hydroxylation sites is 1. The Hall–Kier alpha value is -3.59. The lowest BCUT2D eigenvalue weighted by Gasteiger charge is -2.29. The van der Waals surface area contributed by atoms with Gasteiger partial charge < -0.3 is 19.7 Å². The Labute approximate surface area is 189 Å². The van der Waals surface area contributed by atoms with Crippen molar-refractivity contribution in [1.29, 1.82) is 0 Å². The third kappa shape index (κ3) is 5.61. The van der Waals surface area contributed by atoms with Crippen LogP contribution in [0.3, 0.4) is 0 Å². The number of anilines is 1.